The van der Waals surface area contributed by atoms with Crippen molar-refractivity contribution in [1.29, 1.82) is 0 Å². The Morgan fingerprint density at radius 1 is 1.21 bits per heavy atom. The quantitative estimate of drug-likeness (QED) is 0.712. The van der Waals surface area contributed by atoms with Gasteiger partial charge in [0, 0.05) is 31.4 Å². The van der Waals surface area contributed by atoms with Crippen LogP contribution in [0.4, 0.5) is 21.6 Å². The van der Waals surface area contributed by atoms with Crippen LogP contribution in [0.2, 0.25) is 0 Å². The predicted molar refractivity (Wildman–Crippen MR) is 106 cm³/mol. The predicted octanol–water partition coefficient (Wildman–Crippen LogP) is 2.85. The summed E-state index contributed by atoms with van der Waals surface area (Å²) in [4.78, 5) is 18.2. The number of nitrogens with one attached hydrogen (secondary N) is 2. The van der Waals surface area contributed by atoms with Gasteiger partial charge in [-0.05, 0) is 24.6 Å². The summed E-state index contributed by atoms with van der Waals surface area (Å²) >= 11 is 0. The zero-order valence-electron chi connectivity index (χ0n) is 15.7. The highest BCUT2D eigenvalue weighted by molar-refractivity contribution is 6.03. The van der Waals surface area contributed by atoms with Crippen LogP contribution in [-0.2, 0) is 17.9 Å². The average molecular weight is 380 g/mol. The van der Waals surface area contributed by atoms with Crippen molar-refractivity contribution in [1.82, 2.24) is 14.8 Å². The minimum absolute atomic E-state index is 0.0360. The Morgan fingerprint density at radius 3 is 2.79 bits per heavy atom. The van der Waals surface area contributed by atoms with E-state index in [9.17, 15) is 9.18 Å². The lowest BCUT2D eigenvalue weighted by Crippen LogP contribution is -2.43. The van der Waals surface area contributed by atoms with Gasteiger partial charge in [-0.2, -0.15) is 5.10 Å². The van der Waals surface area contributed by atoms with E-state index in [0.717, 1.165) is 22.6 Å². The summed E-state index contributed by atoms with van der Waals surface area (Å²) in [6.07, 6.45) is 5.41. The molecule has 1 unspecified atom stereocenters. The molecule has 1 aliphatic heterocycles. The number of aromatic nitrogens is 3. The maximum atomic E-state index is 13.0. The van der Waals surface area contributed by atoms with Gasteiger partial charge in [-0.3, -0.25) is 9.48 Å². The molecular weight excluding hydrogens is 359 g/mol. The Kier molecular flexibility index (Phi) is 4.68. The van der Waals surface area contributed by atoms with Crippen molar-refractivity contribution in [2.75, 3.05) is 22.6 Å². The number of fused-ring (bicyclic) bond motifs is 1. The van der Waals surface area contributed by atoms with Crippen LogP contribution in [0.15, 0.2) is 48.9 Å². The molecule has 0 spiro atoms. The molecule has 1 atom stereocenters. The van der Waals surface area contributed by atoms with Gasteiger partial charge in [0.05, 0.1) is 30.3 Å². The number of hydrogen-bond donors (Lipinski definition) is 2. The van der Waals surface area contributed by atoms with E-state index in [1.165, 1.54) is 12.1 Å². The third-order valence-electron chi connectivity index (χ3n) is 4.90. The summed E-state index contributed by atoms with van der Waals surface area (Å²) in [6, 6.07) is 8.10. The molecule has 3 heterocycles. The molecule has 0 saturated heterocycles. The Morgan fingerprint density at radius 2 is 2.00 bits per heavy atom. The molecule has 0 bridgehead atoms. The third-order valence-corrected chi connectivity index (χ3v) is 4.90. The fourth-order valence-electron chi connectivity index (χ4n) is 3.10. The molecular formula is C20H21FN6O. The standard InChI is InChI=1S/C20H21FN6O/c1-13-20(28)25-17-10-23-19(7-18(17)26(13)2)22-8-15-9-24-27(12-15)11-14-3-5-16(21)6-4-14/h3-7,9-10,12-13H,8,11H2,1-2H3,(H,22,23)(H,25,28). The number of benzene rings is 1. The second kappa shape index (κ2) is 7.30. The number of nitrogens with zero attached hydrogens (tertiary/aromatic N) is 4. The average Bonchev–Trinajstić information content (AvgIpc) is 3.14. The van der Waals surface area contributed by atoms with Gasteiger partial charge in [-0.1, -0.05) is 12.1 Å². The number of carbonyl (C=O) groups is 1. The van der Waals surface area contributed by atoms with Crippen LogP contribution in [-0.4, -0.2) is 33.8 Å². The van der Waals surface area contributed by atoms with Crippen molar-refractivity contribution in [3.63, 3.8) is 0 Å². The van der Waals surface area contributed by atoms with Gasteiger partial charge in [0.25, 0.3) is 0 Å². The molecule has 2 aromatic heterocycles. The molecule has 1 amide bonds. The summed E-state index contributed by atoms with van der Waals surface area (Å²) in [7, 11) is 1.89. The van der Waals surface area contributed by atoms with E-state index in [1.807, 2.05) is 35.8 Å². The zero-order chi connectivity index (χ0) is 19.7. The van der Waals surface area contributed by atoms with Crippen molar-refractivity contribution in [2.45, 2.75) is 26.1 Å². The van der Waals surface area contributed by atoms with E-state index in [4.69, 9.17) is 0 Å². The zero-order valence-corrected chi connectivity index (χ0v) is 15.7. The van der Waals surface area contributed by atoms with Crippen LogP contribution in [0.1, 0.15) is 18.1 Å². The van der Waals surface area contributed by atoms with Gasteiger partial charge in [-0.15, -0.1) is 0 Å². The molecule has 0 fully saturated rings. The Bertz CT molecular complexity index is 1000. The maximum Gasteiger partial charge on any atom is 0.246 e. The number of pyridine rings is 1. The van der Waals surface area contributed by atoms with E-state index in [1.54, 1.807) is 24.5 Å². The van der Waals surface area contributed by atoms with Gasteiger partial charge in [0.15, 0.2) is 0 Å². The van der Waals surface area contributed by atoms with Crippen molar-refractivity contribution in [3.8, 4) is 0 Å². The highest BCUT2D eigenvalue weighted by Crippen LogP contribution is 2.32. The van der Waals surface area contributed by atoms with Gasteiger partial charge in [-0.25, -0.2) is 9.37 Å². The van der Waals surface area contributed by atoms with E-state index in [0.29, 0.717) is 18.8 Å². The summed E-state index contributed by atoms with van der Waals surface area (Å²) in [5.74, 6) is 0.442. The number of rotatable bonds is 5. The fourth-order valence-corrected chi connectivity index (χ4v) is 3.10. The second-order valence-electron chi connectivity index (χ2n) is 6.89. The number of amides is 1. The van der Waals surface area contributed by atoms with E-state index < -0.39 is 0 Å². The highest BCUT2D eigenvalue weighted by atomic mass is 19.1. The molecule has 8 heteroatoms. The Labute approximate surface area is 162 Å². The minimum Gasteiger partial charge on any atom is -0.366 e. The van der Waals surface area contributed by atoms with Crippen LogP contribution in [0.25, 0.3) is 0 Å². The molecule has 7 nitrogen and oxygen atoms in total. The molecule has 0 radical (unpaired) electrons. The van der Waals surface area contributed by atoms with Crippen molar-refractivity contribution >= 4 is 23.1 Å². The lowest BCUT2D eigenvalue weighted by Gasteiger charge is -2.33. The molecule has 4 rings (SSSR count). The summed E-state index contributed by atoms with van der Waals surface area (Å²) < 4.78 is 14.8. The van der Waals surface area contributed by atoms with Crippen LogP contribution in [0.5, 0.6) is 0 Å². The SMILES string of the molecule is CC1C(=O)Nc2cnc(NCc3cnn(Cc4ccc(F)cc4)c3)cc2N1C. The topological polar surface area (TPSA) is 75.1 Å². The van der Waals surface area contributed by atoms with Gasteiger partial charge in [0.1, 0.15) is 17.7 Å². The minimum atomic E-state index is -0.244. The Hall–Kier alpha value is -3.42. The first kappa shape index (κ1) is 18.0. The van der Waals surface area contributed by atoms with Crippen molar-refractivity contribution in [2.24, 2.45) is 0 Å². The molecule has 1 aromatic carbocycles. The highest BCUT2D eigenvalue weighted by Gasteiger charge is 2.27. The van der Waals surface area contributed by atoms with Crippen LogP contribution >= 0.6 is 0 Å². The van der Waals surface area contributed by atoms with E-state index >= 15 is 0 Å². The van der Waals surface area contributed by atoms with Gasteiger partial charge < -0.3 is 15.5 Å². The number of carbonyl (C=O) groups excluding carboxylic acids is 1. The van der Waals surface area contributed by atoms with Gasteiger partial charge in [0.2, 0.25) is 5.91 Å². The largest absolute Gasteiger partial charge is 0.366 e. The lowest BCUT2D eigenvalue weighted by molar-refractivity contribution is -0.117. The smallest absolute Gasteiger partial charge is 0.246 e. The van der Waals surface area contributed by atoms with Crippen molar-refractivity contribution < 1.29 is 9.18 Å². The number of anilines is 3. The van der Waals surface area contributed by atoms with E-state index in [-0.39, 0.29) is 17.8 Å². The first-order valence-corrected chi connectivity index (χ1v) is 9.03. The molecule has 28 heavy (non-hydrogen) atoms. The monoisotopic (exact) mass is 380 g/mol. The molecule has 0 saturated carbocycles. The molecule has 3 aromatic rings. The second-order valence-corrected chi connectivity index (χ2v) is 6.89. The molecule has 1 aliphatic rings. The summed E-state index contributed by atoms with van der Waals surface area (Å²) in [5, 5.41) is 10.5. The first-order valence-electron chi connectivity index (χ1n) is 9.03. The van der Waals surface area contributed by atoms with E-state index in [2.05, 4.69) is 20.7 Å². The normalized spacial score (nSPS) is 15.9. The van der Waals surface area contributed by atoms with Gasteiger partial charge >= 0.3 is 0 Å². The Balaban J connectivity index is 1.41. The number of hydrogen-bond acceptors (Lipinski definition) is 5. The fraction of sp³-hybridized carbons (Fsp3) is 0.250. The van der Waals surface area contributed by atoms with Crippen LogP contribution in [0, 0.1) is 5.82 Å². The van der Waals surface area contributed by atoms with Crippen LogP contribution in [0.3, 0.4) is 0 Å². The van der Waals surface area contributed by atoms with Crippen LogP contribution < -0.4 is 15.5 Å². The summed E-state index contributed by atoms with van der Waals surface area (Å²) in [5.41, 5.74) is 3.64. The molecule has 2 N–H and O–H groups in total. The van der Waals surface area contributed by atoms with Crippen molar-refractivity contribution in [3.05, 3.63) is 65.9 Å². The maximum absolute atomic E-state index is 13.0. The first-order chi connectivity index (χ1) is 13.5. The number of likely N-dealkylation sites (N-methyl/N-ethyl adjacent to an activating group) is 1. The number of halogens is 1. The molecule has 144 valence electrons. The summed E-state index contributed by atoms with van der Waals surface area (Å²) in [6.45, 7) is 3.02. The molecule has 0 aliphatic carbocycles. The lowest BCUT2D eigenvalue weighted by atomic mass is 10.1. The third kappa shape index (κ3) is 3.66.